The molecule has 2 aliphatic heterocycles. The van der Waals surface area contributed by atoms with Crippen LogP contribution >= 0.6 is 0 Å². The molecule has 3 aliphatic rings. The third-order valence-corrected chi connectivity index (χ3v) is 9.49. The number of hydrogen-bond acceptors (Lipinski definition) is 4. The summed E-state index contributed by atoms with van der Waals surface area (Å²) in [6.07, 6.45) is 6.06. The number of amides is 2. The Labute approximate surface area is 257 Å². The molecule has 0 bridgehead atoms. The van der Waals surface area contributed by atoms with Crippen molar-refractivity contribution in [2.45, 2.75) is 110 Å². The summed E-state index contributed by atoms with van der Waals surface area (Å²) in [6, 6.07) is 14.5. The van der Waals surface area contributed by atoms with E-state index in [0.29, 0.717) is 17.9 Å². The SMILES string of the molecule is Cc1ccc(C(=O)N=C2Cc3ccc(CN4CCC(C(C)(C)O)CC4)cc3N2C2CCC(C(=O)NC(C)(C)C)CC2)cc1. The third-order valence-electron chi connectivity index (χ3n) is 9.49. The molecular formula is C36H50N4O3. The fraction of sp³-hybridized carbons (Fsp3) is 0.583. The average molecular weight is 587 g/mol. The second-order valence-corrected chi connectivity index (χ2v) is 14.7. The van der Waals surface area contributed by atoms with Crippen molar-refractivity contribution in [3.8, 4) is 0 Å². The second-order valence-electron chi connectivity index (χ2n) is 14.7. The van der Waals surface area contributed by atoms with Gasteiger partial charge in [-0.2, -0.15) is 4.99 Å². The molecule has 0 radical (unpaired) electrons. The Hall–Kier alpha value is -3.03. The fourth-order valence-corrected chi connectivity index (χ4v) is 6.98. The molecule has 7 nitrogen and oxygen atoms in total. The highest BCUT2D eigenvalue weighted by Gasteiger charge is 2.37. The van der Waals surface area contributed by atoms with Gasteiger partial charge in [0.25, 0.3) is 5.91 Å². The number of rotatable bonds is 6. The zero-order valence-corrected chi connectivity index (χ0v) is 26.9. The number of piperidine rings is 1. The number of aryl methyl sites for hydroxylation is 1. The molecule has 2 fully saturated rings. The van der Waals surface area contributed by atoms with Crippen LogP contribution in [0, 0.1) is 18.8 Å². The molecule has 2 heterocycles. The predicted molar refractivity (Wildman–Crippen MR) is 174 cm³/mol. The number of carbonyl (C=O) groups is 2. The molecule has 0 aromatic heterocycles. The Balaban J connectivity index is 1.36. The van der Waals surface area contributed by atoms with Crippen molar-refractivity contribution in [3.63, 3.8) is 0 Å². The van der Waals surface area contributed by atoms with E-state index in [4.69, 9.17) is 4.99 Å². The number of carbonyl (C=O) groups excluding carboxylic acids is 2. The molecule has 1 aliphatic carbocycles. The van der Waals surface area contributed by atoms with Crippen LogP contribution in [0.5, 0.6) is 0 Å². The first-order valence-corrected chi connectivity index (χ1v) is 16.1. The molecule has 7 heteroatoms. The molecule has 2 N–H and O–H groups in total. The van der Waals surface area contributed by atoms with Gasteiger partial charge in [0.15, 0.2) is 0 Å². The largest absolute Gasteiger partial charge is 0.390 e. The van der Waals surface area contributed by atoms with Gasteiger partial charge in [0.1, 0.15) is 5.84 Å². The first-order valence-electron chi connectivity index (χ1n) is 16.1. The highest BCUT2D eigenvalue weighted by molar-refractivity contribution is 6.12. The number of aliphatic hydroxyl groups is 1. The maximum atomic E-state index is 13.3. The molecule has 1 saturated heterocycles. The summed E-state index contributed by atoms with van der Waals surface area (Å²) in [4.78, 5) is 35.8. The zero-order chi connectivity index (χ0) is 30.9. The molecule has 2 aromatic rings. The Morgan fingerprint density at radius 2 is 1.58 bits per heavy atom. The van der Waals surface area contributed by atoms with Crippen LogP contribution in [0.1, 0.15) is 100 Å². The normalized spacial score (nSPS) is 23.0. The maximum absolute atomic E-state index is 13.3. The van der Waals surface area contributed by atoms with Gasteiger partial charge in [0.2, 0.25) is 5.91 Å². The van der Waals surface area contributed by atoms with Gasteiger partial charge in [-0.25, -0.2) is 0 Å². The number of nitrogens with zero attached hydrogens (tertiary/aromatic N) is 3. The lowest BCUT2D eigenvalue weighted by atomic mass is 9.83. The van der Waals surface area contributed by atoms with Gasteiger partial charge in [-0.3, -0.25) is 14.5 Å². The Kier molecular flexibility index (Phi) is 9.15. The first kappa shape index (κ1) is 31.4. The highest BCUT2D eigenvalue weighted by Crippen LogP contribution is 2.38. The number of amidine groups is 1. The molecule has 2 amide bonds. The van der Waals surface area contributed by atoms with E-state index in [1.807, 2.05) is 65.8 Å². The lowest BCUT2D eigenvalue weighted by molar-refractivity contribution is -0.127. The predicted octanol–water partition coefficient (Wildman–Crippen LogP) is 6.05. The summed E-state index contributed by atoms with van der Waals surface area (Å²) >= 11 is 0. The summed E-state index contributed by atoms with van der Waals surface area (Å²) in [5.74, 6) is 1.11. The minimum atomic E-state index is -0.627. The minimum Gasteiger partial charge on any atom is -0.390 e. The summed E-state index contributed by atoms with van der Waals surface area (Å²) in [6.45, 7) is 14.8. The van der Waals surface area contributed by atoms with E-state index < -0.39 is 5.60 Å². The van der Waals surface area contributed by atoms with Crippen LogP contribution in [0.25, 0.3) is 0 Å². The van der Waals surface area contributed by atoms with E-state index in [0.717, 1.165) is 75.2 Å². The third kappa shape index (κ3) is 7.74. The molecule has 2 aromatic carbocycles. The van der Waals surface area contributed by atoms with Crippen molar-refractivity contribution in [1.82, 2.24) is 10.2 Å². The molecule has 0 spiro atoms. The van der Waals surface area contributed by atoms with E-state index >= 15 is 0 Å². The summed E-state index contributed by atoms with van der Waals surface area (Å²) in [7, 11) is 0. The van der Waals surface area contributed by atoms with Crippen LogP contribution in [0.3, 0.4) is 0 Å². The van der Waals surface area contributed by atoms with Crippen molar-refractivity contribution in [3.05, 3.63) is 64.7 Å². The number of benzene rings is 2. The van der Waals surface area contributed by atoms with E-state index in [9.17, 15) is 14.7 Å². The first-order chi connectivity index (χ1) is 20.3. The Morgan fingerprint density at radius 3 is 2.19 bits per heavy atom. The second kappa shape index (κ2) is 12.5. The Morgan fingerprint density at radius 1 is 0.930 bits per heavy atom. The van der Waals surface area contributed by atoms with E-state index in [-0.39, 0.29) is 29.3 Å². The molecule has 43 heavy (non-hydrogen) atoms. The van der Waals surface area contributed by atoms with Gasteiger partial charge in [0.05, 0.1) is 5.60 Å². The fourth-order valence-electron chi connectivity index (χ4n) is 6.98. The molecular weight excluding hydrogens is 536 g/mol. The monoisotopic (exact) mass is 586 g/mol. The topological polar surface area (TPSA) is 85.2 Å². The Bertz CT molecular complexity index is 1340. The van der Waals surface area contributed by atoms with Crippen molar-refractivity contribution >= 4 is 23.3 Å². The maximum Gasteiger partial charge on any atom is 0.278 e. The minimum absolute atomic E-state index is 0.0188. The van der Waals surface area contributed by atoms with Crippen LogP contribution in [-0.4, -0.2) is 57.9 Å². The number of fused-ring (bicyclic) bond motifs is 1. The number of aliphatic imine (C=N–C) groups is 1. The summed E-state index contributed by atoms with van der Waals surface area (Å²) in [5, 5.41) is 13.6. The summed E-state index contributed by atoms with van der Waals surface area (Å²) in [5.41, 5.74) is 4.47. The van der Waals surface area contributed by atoms with E-state index in [1.165, 1.54) is 11.1 Å². The lowest BCUT2D eigenvalue weighted by Crippen LogP contribution is -2.47. The lowest BCUT2D eigenvalue weighted by Gasteiger charge is -2.38. The van der Waals surface area contributed by atoms with Crippen molar-refractivity contribution < 1.29 is 14.7 Å². The van der Waals surface area contributed by atoms with Crippen molar-refractivity contribution in [1.29, 1.82) is 0 Å². The van der Waals surface area contributed by atoms with Gasteiger partial charge in [-0.05, 0) is 128 Å². The van der Waals surface area contributed by atoms with Crippen LogP contribution in [0.15, 0.2) is 47.5 Å². The summed E-state index contributed by atoms with van der Waals surface area (Å²) < 4.78 is 0. The average Bonchev–Trinajstić information content (AvgIpc) is 3.29. The van der Waals surface area contributed by atoms with Gasteiger partial charge >= 0.3 is 0 Å². The molecule has 0 atom stereocenters. The van der Waals surface area contributed by atoms with E-state index in [1.54, 1.807) is 0 Å². The van der Waals surface area contributed by atoms with Gasteiger partial charge in [-0.15, -0.1) is 0 Å². The number of anilines is 1. The van der Waals surface area contributed by atoms with E-state index in [2.05, 4.69) is 33.3 Å². The smallest absolute Gasteiger partial charge is 0.278 e. The van der Waals surface area contributed by atoms with Crippen LogP contribution < -0.4 is 10.2 Å². The number of likely N-dealkylation sites (tertiary alicyclic amines) is 1. The quantitative estimate of drug-likeness (QED) is 0.430. The van der Waals surface area contributed by atoms with Crippen LogP contribution in [0.2, 0.25) is 0 Å². The van der Waals surface area contributed by atoms with Gasteiger partial charge < -0.3 is 15.3 Å². The zero-order valence-electron chi connectivity index (χ0n) is 26.9. The molecule has 232 valence electrons. The highest BCUT2D eigenvalue weighted by atomic mass is 16.3. The van der Waals surface area contributed by atoms with Crippen LogP contribution in [-0.2, 0) is 17.8 Å². The molecule has 5 rings (SSSR count). The standard InChI is InChI=1S/C36H50N4O3/c1-24-7-10-26(11-8-24)33(41)37-32-22-28-12-9-25(23-39-19-17-29(18-20-39)36(5,6)43)21-31(28)40(32)30-15-13-27(14-16-30)34(42)38-35(2,3)4/h7-12,21,27,29-30,43H,13-20,22-23H2,1-6H3,(H,38,42). The van der Waals surface area contributed by atoms with Gasteiger partial charge in [-0.1, -0.05) is 29.8 Å². The molecule has 1 saturated carbocycles. The number of nitrogens with one attached hydrogen (secondary N) is 1. The van der Waals surface area contributed by atoms with Crippen molar-refractivity contribution in [2.24, 2.45) is 16.8 Å². The van der Waals surface area contributed by atoms with Crippen molar-refractivity contribution in [2.75, 3.05) is 18.0 Å². The number of hydrogen-bond donors (Lipinski definition) is 2. The van der Waals surface area contributed by atoms with Crippen LogP contribution in [0.4, 0.5) is 5.69 Å². The van der Waals surface area contributed by atoms with Gasteiger partial charge in [0, 0.05) is 41.7 Å². The molecule has 0 unspecified atom stereocenters.